The van der Waals surface area contributed by atoms with Gasteiger partial charge >= 0.3 is 0 Å². The fraction of sp³-hybridized carbons (Fsp3) is 0.571. The lowest BCUT2D eigenvalue weighted by Crippen LogP contribution is -2.05. The maximum Gasteiger partial charge on any atom is 0.211 e. The van der Waals surface area contributed by atoms with Crippen molar-refractivity contribution in [3.63, 3.8) is 0 Å². The van der Waals surface area contributed by atoms with Gasteiger partial charge in [-0.3, -0.25) is 0 Å². The molecule has 1 heterocycles. The standard InChI is InChI=1S/C42H60N2/c1-5-9-13-15-16-17-18-19-20-22-28-36-29-23-24-33-38(36)42-40(32-12-8-4)39(31-11-7-3)41(44(42)43)37-30-25-27-35(34-37)26-21-14-10-6-2/h23-25,27,29-30,33-34H,5-18,21-22,26,28,31-32H2,1-4H3. The van der Waals surface area contributed by atoms with Gasteiger partial charge in [0.15, 0.2) is 0 Å². The van der Waals surface area contributed by atoms with E-state index in [0.29, 0.717) is 0 Å². The van der Waals surface area contributed by atoms with Gasteiger partial charge < -0.3 is 5.53 Å². The Morgan fingerprint density at radius 1 is 0.545 bits per heavy atom. The molecule has 2 aromatic rings. The zero-order chi connectivity index (χ0) is 31.4. The van der Waals surface area contributed by atoms with Gasteiger partial charge in [0.1, 0.15) is 0 Å². The molecule has 0 bridgehead atoms. The molecule has 1 aliphatic heterocycles. The predicted molar refractivity (Wildman–Crippen MR) is 191 cm³/mol. The maximum atomic E-state index is 12.1. The first-order chi connectivity index (χ1) is 21.7. The van der Waals surface area contributed by atoms with Crippen LogP contribution in [0, 0.1) is 11.8 Å². The highest BCUT2D eigenvalue weighted by Gasteiger charge is 2.35. The first-order valence-electron chi connectivity index (χ1n) is 18.2. The Morgan fingerprint density at radius 2 is 1.16 bits per heavy atom. The normalized spacial score (nSPS) is 13.1. The van der Waals surface area contributed by atoms with E-state index in [1.807, 2.05) is 0 Å². The summed E-state index contributed by atoms with van der Waals surface area (Å²) in [6.45, 7) is 9.07. The van der Waals surface area contributed by atoms with Crippen LogP contribution < -0.4 is 0 Å². The van der Waals surface area contributed by atoms with E-state index in [9.17, 15) is 5.53 Å². The fourth-order valence-electron chi connectivity index (χ4n) is 6.44. The van der Waals surface area contributed by atoms with Crippen molar-refractivity contribution in [1.29, 1.82) is 0 Å². The fourth-order valence-corrected chi connectivity index (χ4v) is 6.44. The summed E-state index contributed by atoms with van der Waals surface area (Å²) in [7, 11) is 0. The first-order valence-corrected chi connectivity index (χ1v) is 18.2. The Bertz CT molecular complexity index is 1280. The predicted octanol–water partition coefficient (Wildman–Crippen LogP) is 13.0. The topological polar surface area (TPSA) is 25.3 Å². The van der Waals surface area contributed by atoms with Crippen LogP contribution in [0.1, 0.15) is 166 Å². The molecule has 2 nitrogen and oxygen atoms in total. The van der Waals surface area contributed by atoms with Crippen LogP contribution >= 0.6 is 0 Å². The Hall–Kier alpha value is -2.92. The molecular weight excluding hydrogens is 532 g/mol. The number of unbranched alkanes of at least 4 members (excludes halogenated alkanes) is 11. The second-order valence-corrected chi connectivity index (χ2v) is 12.7. The van der Waals surface area contributed by atoms with Crippen molar-refractivity contribution in [2.45, 2.75) is 156 Å². The molecule has 0 unspecified atom stereocenters. The van der Waals surface area contributed by atoms with Crippen LogP contribution in [-0.4, -0.2) is 4.70 Å². The Labute approximate surface area is 270 Å². The lowest BCUT2D eigenvalue weighted by Gasteiger charge is -2.13. The summed E-state index contributed by atoms with van der Waals surface area (Å²) in [6, 6.07) is 17.7. The van der Waals surface area contributed by atoms with Gasteiger partial charge in [0.25, 0.3) is 0 Å². The maximum absolute atomic E-state index is 12.1. The second-order valence-electron chi connectivity index (χ2n) is 12.7. The average molecular weight is 593 g/mol. The van der Waals surface area contributed by atoms with E-state index >= 15 is 0 Å². The quantitative estimate of drug-likeness (QED) is 0.0782. The molecule has 0 aromatic heterocycles. The van der Waals surface area contributed by atoms with Crippen LogP contribution in [-0.2, 0) is 12.8 Å². The summed E-state index contributed by atoms with van der Waals surface area (Å²) in [5.41, 5.74) is 21.7. The van der Waals surface area contributed by atoms with Gasteiger partial charge in [-0.1, -0.05) is 122 Å². The molecule has 0 radical (unpaired) electrons. The SMILES string of the molecule is CCCCCCCCC#CCCc1ccccc1C1=C(CCCC)C(CCCC)=C(c2cccc(CCCCCC)c2)[N+]1=[N-]. The Morgan fingerprint density at radius 3 is 1.89 bits per heavy atom. The van der Waals surface area contributed by atoms with E-state index in [1.165, 1.54) is 92.0 Å². The number of rotatable bonds is 21. The number of aryl methyl sites for hydroxylation is 2. The van der Waals surface area contributed by atoms with E-state index in [0.717, 1.165) is 81.2 Å². The molecule has 238 valence electrons. The highest BCUT2D eigenvalue weighted by Crippen LogP contribution is 2.45. The van der Waals surface area contributed by atoms with Crippen molar-refractivity contribution in [1.82, 2.24) is 0 Å². The zero-order valence-electron chi connectivity index (χ0n) is 28.7. The minimum absolute atomic E-state index is 0.860. The van der Waals surface area contributed by atoms with Crippen LogP contribution in [0.4, 0.5) is 0 Å². The zero-order valence-corrected chi connectivity index (χ0v) is 28.7. The third kappa shape index (κ3) is 10.9. The largest absolute Gasteiger partial charge is 0.493 e. The number of nitrogens with zero attached hydrogens (tertiary/aromatic N) is 2. The summed E-state index contributed by atoms with van der Waals surface area (Å²) >= 11 is 0. The van der Waals surface area contributed by atoms with Crippen LogP contribution in [0.5, 0.6) is 0 Å². The molecule has 0 fully saturated rings. The van der Waals surface area contributed by atoms with E-state index in [1.54, 1.807) is 4.70 Å². The van der Waals surface area contributed by atoms with Crippen LogP contribution in [0.2, 0.25) is 0 Å². The molecule has 3 rings (SSSR count). The van der Waals surface area contributed by atoms with Crippen molar-refractivity contribution in [3.05, 3.63) is 87.5 Å². The summed E-state index contributed by atoms with van der Waals surface area (Å²) < 4.78 is 1.56. The van der Waals surface area contributed by atoms with Crippen molar-refractivity contribution < 1.29 is 4.70 Å². The third-order valence-corrected chi connectivity index (χ3v) is 9.01. The minimum Gasteiger partial charge on any atom is -0.493 e. The molecule has 0 spiro atoms. The van der Waals surface area contributed by atoms with Gasteiger partial charge in [0.2, 0.25) is 11.4 Å². The van der Waals surface area contributed by atoms with Gasteiger partial charge in [-0.15, -0.1) is 11.8 Å². The summed E-state index contributed by atoms with van der Waals surface area (Å²) in [5, 5.41) is 0. The highest BCUT2D eigenvalue weighted by atomic mass is 15.2. The minimum atomic E-state index is 0.860. The van der Waals surface area contributed by atoms with Gasteiger partial charge in [0.05, 0.1) is 0 Å². The number of allylic oxidation sites excluding steroid dienone is 2. The monoisotopic (exact) mass is 592 g/mol. The van der Waals surface area contributed by atoms with Crippen molar-refractivity contribution in [3.8, 4) is 11.8 Å². The molecule has 0 N–H and O–H groups in total. The number of hydrogen-bond acceptors (Lipinski definition) is 0. The summed E-state index contributed by atoms with van der Waals surface area (Å²) in [5.74, 6) is 6.90. The number of hydrogen-bond donors (Lipinski definition) is 0. The second kappa shape index (κ2) is 20.9. The smallest absolute Gasteiger partial charge is 0.211 e. The highest BCUT2D eigenvalue weighted by molar-refractivity contribution is 5.83. The molecule has 0 aliphatic carbocycles. The van der Waals surface area contributed by atoms with Crippen LogP contribution in [0.25, 0.3) is 16.9 Å². The van der Waals surface area contributed by atoms with Crippen LogP contribution in [0.3, 0.4) is 0 Å². The van der Waals surface area contributed by atoms with E-state index in [2.05, 4.69) is 88.1 Å². The van der Waals surface area contributed by atoms with Crippen molar-refractivity contribution >= 4 is 11.4 Å². The summed E-state index contributed by atoms with van der Waals surface area (Å²) in [4.78, 5) is 0. The lowest BCUT2D eigenvalue weighted by atomic mass is 9.90. The molecule has 2 aromatic carbocycles. The van der Waals surface area contributed by atoms with Gasteiger partial charge in [0, 0.05) is 35.1 Å². The molecule has 0 saturated carbocycles. The molecule has 0 atom stereocenters. The molecule has 2 heteroatoms. The van der Waals surface area contributed by atoms with Gasteiger partial charge in [-0.25, -0.2) is 4.70 Å². The Kier molecular flexibility index (Phi) is 16.9. The molecule has 0 saturated heterocycles. The molecule has 44 heavy (non-hydrogen) atoms. The third-order valence-electron chi connectivity index (χ3n) is 9.01. The summed E-state index contributed by atoms with van der Waals surface area (Å²) in [6.07, 6.45) is 23.4. The first kappa shape index (κ1) is 35.6. The van der Waals surface area contributed by atoms with E-state index in [-0.39, 0.29) is 0 Å². The molecule has 0 amide bonds. The van der Waals surface area contributed by atoms with Gasteiger partial charge in [-0.05, 0) is 80.7 Å². The van der Waals surface area contributed by atoms with Gasteiger partial charge in [-0.2, -0.15) is 0 Å². The van der Waals surface area contributed by atoms with Crippen molar-refractivity contribution in [2.75, 3.05) is 0 Å². The van der Waals surface area contributed by atoms with E-state index < -0.39 is 0 Å². The molecule has 1 aliphatic rings. The van der Waals surface area contributed by atoms with E-state index in [4.69, 9.17) is 0 Å². The Balaban J connectivity index is 1.87. The lowest BCUT2D eigenvalue weighted by molar-refractivity contribution is -0.345. The van der Waals surface area contributed by atoms with Crippen LogP contribution in [0.15, 0.2) is 59.7 Å². The van der Waals surface area contributed by atoms with Crippen molar-refractivity contribution in [2.24, 2.45) is 0 Å². The average Bonchev–Trinajstić information content (AvgIpc) is 3.32. The molecular formula is C42H60N2. The number of benzene rings is 2.